The van der Waals surface area contributed by atoms with Crippen molar-refractivity contribution in [1.29, 1.82) is 0 Å². The van der Waals surface area contributed by atoms with E-state index in [0.29, 0.717) is 17.3 Å². The fourth-order valence-electron chi connectivity index (χ4n) is 3.86. The first-order chi connectivity index (χ1) is 14.8. The Balaban J connectivity index is 1.57. The minimum Gasteiger partial charge on any atom is -0.348 e. The van der Waals surface area contributed by atoms with Gasteiger partial charge in [-0.15, -0.1) is 0 Å². The molecule has 5 rings (SSSR count). The second-order valence-electron chi connectivity index (χ2n) is 8.65. The van der Waals surface area contributed by atoms with Crippen LogP contribution in [0, 0.1) is 6.92 Å². The molecule has 0 saturated heterocycles. The largest absolute Gasteiger partial charge is 0.348 e. The lowest BCUT2D eigenvalue weighted by atomic mass is 9.85. The Morgan fingerprint density at radius 2 is 1.84 bits per heavy atom. The van der Waals surface area contributed by atoms with Crippen LogP contribution in [0.15, 0.2) is 48.8 Å². The highest BCUT2D eigenvalue weighted by molar-refractivity contribution is 6.12. The molecule has 0 unspecified atom stereocenters. The first-order valence-electron chi connectivity index (χ1n) is 10.4. The van der Waals surface area contributed by atoms with Crippen molar-refractivity contribution in [3.05, 3.63) is 65.9 Å². The molecule has 7 nitrogen and oxygen atoms in total. The summed E-state index contributed by atoms with van der Waals surface area (Å²) < 4.78 is 0. The fraction of sp³-hybridized carbons (Fsp3) is 0.292. The van der Waals surface area contributed by atoms with Gasteiger partial charge in [0, 0.05) is 24.0 Å². The van der Waals surface area contributed by atoms with Crippen molar-refractivity contribution in [3.8, 4) is 11.1 Å². The smallest absolute Gasteiger partial charge is 0.270 e. The fourth-order valence-corrected chi connectivity index (χ4v) is 3.86. The molecule has 2 amide bonds. The van der Waals surface area contributed by atoms with Crippen LogP contribution >= 0.6 is 0 Å². The van der Waals surface area contributed by atoms with Gasteiger partial charge in [-0.3, -0.25) is 14.5 Å². The van der Waals surface area contributed by atoms with E-state index in [9.17, 15) is 9.59 Å². The average Bonchev–Trinajstić information content (AvgIpc) is 3.55. The number of aromatic nitrogens is 3. The van der Waals surface area contributed by atoms with Gasteiger partial charge in [0.25, 0.3) is 5.91 Å². The number of hydrogen-bond acceptors (Lipinski definition) is 5. The summed E-state index contributed by atoms with van der Waals surface area (Å²) in [6, 6.07) is 11.4. The van der Waals surface area contributed by atoms with Crippen molar-refractivity contribution in [1.82, 2.24) is 20.3 Å². The predicted octanol–water partition coefficient (Wildman–Crippen LogP) is 3.70. The second kappa shape index (κ2) is 6.97. The van der Waals surface area contributed by atoms with Crippen LogP contribution in [0.3, 0.4) is 0 Å². The standard InChI is InChI=1S/C24H23N5O2/c1-14-25-12-16(13-26-14)15-7-10-18-20(11-15)29(23(31)24(18,2)3)21-6-4-5-19(28-21)22(30)27-17-8-9-17/h4-7,10-13,17H,8-9H2,1-3H3,(H,27,30). The van der Waals surface area contributed by atoms with Crippen molar-refractivity contribution in [2.75, 3.05) is 4.90 Å². The van der Waals surface area contributed by atoms with Crippen LogP contribution in [0.2, 0.25) is 0 Å². The van der Waals surface area contributed by atoms with Crippen LogP contribution < -0.4 is 10.2 Å². The number of pyridine rings is 1. The third kappa shape index (κ3) is 3.36. The predicted molar refractivity (Wildman–Crippen MR) is 117 cm³/mol. The molecule has 0 bridgehead atoms. The molecule has 7 heteroatoms. The quantitative estimate of drug-likeness (QED) is 0.705. The Labute approximate surface area is 180 Å². The SMILES string of the molecule is Cc1ncc(-c2ccc3c(c2)N(c2cccc(C(=O)NC4CC4)n2)C(=O)C3(C)C)cn1. The number of rotatable bonds is 4. The molecule has 0 atom stereocenters. The molecule has 2 aromatic heterocycles. The number of anilines is 2. The number of nitrogens with one attached hydrogen (secondary N) is 1. The lowest BCUT2D eigenvalue weighted by molar-refractivity contribution is -0.121. The molecule has 31 heavy (non-hydrogen) atoms. The number of carbonyl (C=O) groups is 2. The van der Waals surface area contributed by atoms with E-state index >= 15 is 0 Å². The van der Waals surface area contributed by atoms with Crippen molar-refractivity contribution in [2.24, 2.45) is 0 Å². The van der Waals surface area contributed by atoms with E-state index in [0.717, 1.165) is 35.2 Å². The molecule has 3 heterocycles. The highest BCUT2D eigenvalue weighted by Crippen LogP contribution is 2.46. The molecule has 0 radical (unpaired) electrons. The topological polar surface area (TPSA) is 88.1 Å². The van der Waals surface area contributed by atoms with Gasteiger partial charge in [0.05, 0.1) is 11.1 Å². The van der Waals surface area contributed by atoms with Gasteiger partial charge in [0.1, 0.15) is 17.3 Å². The molecule has 1 aromatic carbocycles. The van der Waals surface area contributed by atoms with Gasteiger partial charge in [0.15, 0.2) is 0 Å². The molecule has 3 aromatic rings. The van der Waals surface area contributed by atoms with Crippen molar-refractivity contribution >= 4 is 23.3 Å². The lowest BCUT2D eigenvalue weighted by Gasteiger charge is -2.20. The Bertz CT molecular complexity index is 1200. The zero-order chi connectivity index (χ0) is 21.8. The van der Waals surface area contributed by atoms with Gasteiger partial charge in [-0.2, -0.15) is 0 Å². The maximum absolute atomic E-state index is 13.4. The summed E-state index contributed by atoms with van der Waals surface area (Å²) in [6.45, 7) is 5.66. The van der Waals surface area contributed by atoms with Gasteiger partial charge < -0.3 is 5.32 Å². The number of carbonyl (C=O) groups excluding carboxylic acids is 2. The summed E-state index contributed by atoms with van der Waals surface area (Å²) >= 11 is 0. The molecule has 1 fully saturated rings. The van der Waals surface area contributed by atoms with E-state index in [1.807, 2.05) is 39.0 Å². The molecule has 1 aliphatic heterocycles. The van der Waals surface area contributed by atoms with Gasteiger partial charge in [-0.1, -0.05) is 18.2 Å². The van der Waals surface area contributed by atoms with Crippen LogP contribution in [-0.2, 0) is 10.2 Å². The Hall–Kier alpha value is -3.61. The minimum atomic E-state index is -0.703. The summed E-state index contributed by atoms with van der Waals surface area (Å²) in [5.41, 5.74) is 3.08. The first kappa shape index (κ1) is 19.4. The Morgan fingerprint density at radius 1 is 1.10 bits per heavy atom. The summed E-state index contributed by atoms with van der Waals surface area (Å²) in [5, 5.41) is 2.95. The number of hydrogen-bond donors (Lipinski definition) is 1. The Kier molecular flexibility index (Phi) is 4.36. The number of nitrogens with zero attached hydrogens (tertiary/aromatic N) is 4. The van der Waals surface area contributed by atoms with E-state index in [-0.39, 0.29) is 17.9 Å². The molecular weight excluding hydrogens is 390 g/mol. The van der Waals surface area contributed by atoms with Gasteiger partial charge in [-0.25, -0.2) is 15.0 Å². The van der Waals surface area contributed by atoms with Gasteiger partial charge >= 0.3 is 0 Å². The van der Waals surface area contributed by atoms with Gasteiger partial charge in [-0.05, 0) is 62.9 Å². The maximum Gasteiger partial charge on any atom is 0.270 e. The molecule has 156 valence electrons. The van der Waals surface area contributed by atoms with E-state index in [2.05, 4.69) is 20.3 Å². The second-order valence-corrected chi connectivity index (χ2v) is 8.65. The molecule has 0 spiro atoms. The van der Waals surface area contributed by atoms with Crippen LogP contribution in [0.5, 0.6) is 0 Å². The third-order valence-corrected chi connectivity index (χ3v) is 5.87. The van der Waals surface area contributed by atoms with Crippen molar-refractivity contribution in [3.63, 3.8) is 0 Å². The summed E-state index contributed by atoms with van der Waals surface area (Å²) in [6.07, 6.45) is 5.56. The maximum atomic E-state index is 13.4. The van der Waals surface area contributed by atoms with Crippen LogP contribution in [0.1, 0.15) is 48.6 Å². The summed E-state index contributed by atoms with van der Waals surface area (Å²) in [7, 11) is 0. The molecule has 1 saturated carbocycles. The molecule has 1 N–H and O–H groups in total. The number of fused-ring (bicyclic) bond motifs is 1. The zero-order valence-corrected chi connectivity index (χ0v) is 17.7. The monoisotopic (exact) mass is 413 g/mol. The van der Waals surface area contributed by atoms with Crippen molar-refractivity contribution < 1.29 is 9.59 Å². The van der Waals surface area contributed by atoms with Crippen LogP contribution in [0.25, 0.3) is 11.1 Å². The zero-order valence-electron chi connectivity index (χ0n) is 17.7. The summed E-state index contributed by atoms with van der Waals surface area (Å²) in [4.78, 5) is 40.6. The molecule has 1 aliphatic carbocycles. The van der Waals surface area contributed by atoms with E-state index in [4.69, 9.17) is 0 Å². The Morgan fingerprint density at radius 3 is 2.55 bits per heavy atom. The van der Waals surface area contributed by atoms with E-state index < -0.39 is 5.41 Å². The highest BCUT2D eigenvalue weighted by atomic mass is 16.2. The summed E-state index contributed by atoms with van der Waals surface area (Å²) in [5.74, 6) is 0.860. The van der Waals surface area contributed by atoms with E-state index in [1.165, 1.54) is 0 Å². The number of aryl methyl sites for hydroxylation is 1. The molecular formula is C24H23N5O2. The number of benzene rings is 1. The lowest BCUT2D eigenvalue weighted by Crippen LogP contribution is -2.34. The normalized spacial score (nSPS) is 16.9. The highest BCUT2D eigenvalue weighted by Gasteiger charge is 2.45. The minimum absolute atomic E-state index is 0.0768. The molecule has 2 aliphatic rings. The van der Waals surface area contributed by atoms with Gasteiger partial charge in [0.2, 0.25) is 5.91 Å². The van der Waals surface area contributed by atoms with Crippen LogP contribution in [0.4, 0.5) is 11.5 Å². The average molecular weight is 413 g/mol. The van der Waals surface area contributed by atoms with Crippen molar-refractivity contribution in [2.45, 2.75) is 45.1 Å². The third-order valence-electron chi connectivity index (χ3n) is 5.87. The van der Waals surface area contributed by atoms with Crippen LogP contribution in [-0.4, -0.2) is 32.8 Å². The number of amides is 2. The van der Waals surface area contributed by atoms with E-state index in [1.54, 1.807) is 35.5 Å². The first-order valence-corrected chi connectivity index (χ1v) is 10.4.